The van der Waals surface area contributed by atoms with Gasteiger partial charge < -0.3 is 4.74 Å². The van der Waals surface area contributed by atoms with Crippen molar-refractivity contribution in [3.63, 3.8) is 0 Å². The molecule has 0 N–H and O–H groups in total. The van der Waals surface area contributed by atoms with E-state index in [2.05, 4.69) is 0 Å². The van der Waals surface area contributed by atoms with E-state index in [0.717, 1.165) is 0 Å². The van der Waals surface area contributed by atoms with Crippen molar-refractivity contribution in [1.82, 2.24) is 0 Å². The summed E-state index contributed by atoms with van der Waals surface area (Å²) < 4.78 is 4.96. The van der Waals surface area contributed by atoms with Gasteiger partial charge in [0.15, 0.2) is 7.38 Å². The molecule has 4 heteroatoms. The van der Waals surface area contributed by atoms with Crippen molar-refractivity contribution >= 4 is 24.4 Å². The van der Waals surface area contributed by atoms with Gasteiger partial charge in [-0.1, -0.05) is 26.9 Å². The van der Waals surface area contributed by atoms with E-state index in [9.17, 15) is 4.79 Å². The summed E-state index contributed by atoms with van der Waals surface area (Å²) in [5.41, 5.74) is 0. The predicted molar refractivity (Wildman–Crippen MR) is 49.1 cm³/mol. The summed E-state index contributed by atoms with van der Waals surface area (Å²) in [4.78, 5) is 10.9. The largest absolute Gasteiger partial charge is 0.468 e. The van der Waals surface area contributed by atoms with Crippen LogP contribution in [0.1, 0.15) is 13.8 Å². The first-order valence-corrected chi connectivity index (χ1v) is 7.90. The van der Waals surface area contributed by atoms with E-state index in [4.69, 9.17) is 15.8 Å². The van der Waals surface area contributed by atoms with Crippen LogP contribution >= 0.6 is 11.1 Å². The number of esters is 1. The molecular formula is C7H15ClO2Si. The zero-order chi connectivity index (χ0) is 9.07. The average molecular weight is 195 g/mol. The SMILES string of the molecule is CC(C)C(=O)OC[Si](C)(C)Cl. The first-order valence-electron chi connectivity index (χ1n) is 3.68. The Balaban J connectivity index is 3.64. The molecular weight excluding hydrogens is 180 g/mol. The Hall–Kier alpha value is -0.0231. The summed E-state index contributed by atoms with van der Waals surface area (Å²) in [6, 6.07) is 0. The third kappa shape index (κ3) is 6.38. The molecule has 0 rings (SSSR count). The lowest BCUT2D eigenvalue weighted by Crippen LogP contribution is -2.28. The van der Waals surface area contributed by atoms with E-state index in [1.165, 1.54) is 0 Å². The molecule has 0 fully saturated rings. The van der Waals surface area contributed by atoms with Crippen LogP contribution in [0.4, 0.5) is 0 Å². The topological polar surface area (TPSA) is 26.3 Å². The maximum absolute atomic E-state index is 10.9. The van der Waals surface area contributed by atoms with Gasteiger partial charge in [-0.05, 0) is 0 Å². The van der Waals surface area contributed by atoms with Crippen LogP contribution in [0, 0.1) is 5.92 Å². The van der Waals surface area contributed by atoms with E-state index in [1.54, 1.807) is 0 Å². The van der Waals surface area contributed by atoms with Crippen LogP contribution in [-0.4, -0.2) is 19.6 Å². The average Bonchev–Trinajstić information content (AvgIpc) is 1.80. The second-order valence-corrected chi connectivity index (χ2v) is 10.3. The van der Waals surface area contributed by atoms with Gasteiger partial charge in [0.1, 0.15) is 0 Å². The van der Waals surface area contributed by atoms with Crippen LogP contribution < -0.4 is 0 Å². The second kappa shape index (κ2) is 4.12. The van der Waals surface area contributed by atoms with Crippen LogP contribution in [0.25, 0.3) is 0 Å². The van der Waals surface area contributed by atoms with Crippen LogP contribution in [0.2, 0.25) is 13.1 Å². The summed E-state index contributed by atoms with van der Waals surface area (Å²) in [6.45, 7) is 7.51. The summed E-state index contributed by atoms with van der Waals surface area (Å²) in [7, 11) is -1.74. The third-order valence-corrected chi connectivity index (χ3v) is 2.19. The standard InChI is InChI=1S/C7H15ClO2Si/c1-6(2)7(9)10-5-11(3,4)8/h6H,5H2,1-4H3. The third-order valence-electron chi connectivity index (χ3n) is 1.03. The van der Waals surface area contributed by atoms with Gasteiger partial charge in [0.25, 0.3) is 0 Å². The fourth-order valence-corrected chi connectivity index (χ4v) is 1.06. The van der Waals surface area contributed by atoms with E-state index in [-0.39, 0.29) is 11.9 Å². The molecule has 0 heterocycles. The van der Waals surface area contributed by atoms with Crippen LogP contribution in [0.3, 0.4) is 0 Å². The predicted octanol–water partition coefficient (Wildman–Crippen LogP) is 2.17. The van der Waals surface area contributed by atoms with Crippen LogP contribution in [-0.2, 0) is 9.53 Å². The van der Waals surface area contributed by atoms with Crippen molar-refractivity contribution in [1.29, 1.82) is 0 Å². The molecule has 0 saturated carbocycles. The van der Waals surface area contributed by atoms with Gasteiger partial charge in [-0.2, -0.15) is 11.1 Å². The Kier molecular flexibility index (Phi) is 4.11. The molecule has 0 atom stereocenters. The lowest BCUT2D eigenvalue weighted by atomic mass is 10.2. The van der Waals surface area contributed by atoms with Gasteiger partial charge in [-0.15, -0.1) is 0 Å². The Bertz CT molecular complexity index is 140. The molecule has 0 bridgehead atoms. The lowest BCUT2D eigenvalue weighted by Gasteiger charge is -2.13. The fourth-order valence-electron chi connectivity index (χ4n) is 0.409. The van der Waals surface area contributed by atoms with E-state index in [0.29, 0.717) is 6.23 Å². The summed E-state index contributed by atoms with van der Waals surface area (Å²) in [5, 5.41) is 0. The van der Waals surface area contributed by atoms with Crippen LogP contribution in [0.5, 0.6) is 0 Å². The number of ether oxygens (including phenoxy) is 1. The Morgan fingerprint density at radius 3 is 2.27 bits per heavy atom. The van der Waals surface area contributed by atoms with Crippen molar-refractivity contribution in [3.8, 4) is 0 Å². The molecule has 0 spiro atoms. The minimum atomic E-state index is -1.74. The summed E-state index contributed by atoms with van der Waals surface area (Å²) in [5.74, 6) is -0.214. The number of halogens is 1. The number of rotatable bonds is 3. The maximum Gasteiger partial charge on any atom is 0.308 e. The summed E-state index contributed by atoms with van der Waals surface area (Å²) in [6.07, 6.45) is 0.408. The highest BCUT2D eigenvalue weighted by Crippen LogP contribution is 2.08. The lowest BCUT2D eigenvalue weighted by molar-refractivity contribution is -0.145. The zero-order valence-electron chi connectivity index (χ0n) is 7.48. The van der Waals surface area contributed by atoms with Gasteiger partial charge in [0, 0.05) is 0 Å². The first-order chi connectivity index (χ1) is 4.83. The Morgan fingerprint density at radius 1 is 1.55 bits per heavy atom. The van der Waals surface area contributed by atoms with Gasteiger partial charge in [-0.3, -0.25) is 4.79 Å². The molecule has 66 valence electrons. The molecule has 11 heavy (non-hydrogen) atoms. The molecule has 0 aliphatic carbocycles. The summed E-state index contributed by atoms with van der Waals surface area (Å²) >= 11 is 5.94. The van der Waals surface area contributed by atoms with Crippen molar-refractivity contribution in [2.24, 2.45) is 5.92 Å². The number of carbonyl (C=O) groups excluding carboxylic acids is 1. The highest BCUT2D eigenvalue weighted by atomic mass is 35.6. The minimum absolute atomic E-state index is 0.0528. The normalized spacial score (nSPS) is 11.8. The first kappa shape index (κ1) is 11.0. The maximum atomic E-state index is 10.9. The second-order valence-electron chi connectivity index (χ2n) is 3.48. The highest BCUT2D eigenvalue weighted by Gasteiger charge is 2.20. The van der Waals surface area contributed by atoms with E-state index < -0.39 is 7.38 Å². The minimum Gasteiger partial charge on any atom is -0.468 e. The van der Waals surface area contributed by atoms with E-state index in [1.807, 2.05) is 26.9 Å². The monoisotopic (exact) mass is 194 g/mol. The molecule has 0 amide bonds. The fraction of sp³-hybridized carbons (Fsp3) is 0.857. The highest BCUT2D eigenvalue weighted by molar-refractivity contribution is 7.19. The molecule has 2 nitrogen and oxygen atoms in total. The van der Waals surface area contributed by atoms with Gasteiger partial charge in [0.05, 0.1) is 12.1 Å². The molecule has 0 aromatic rings. The molecule has 0 aliphatic rings. The number of hydrogen-bond acceptors (Lipinski definition) is 2. The molecule has 0 radical (unpaired) electrons. The van der Waals surface area contributed by atoms with Gasteiger partial charge in [-0.25, -0.2) is 0 Å². The van der Waals surface area contributed by atoms with Gasteiger partial charge in [0.2, 0.25) is 0 Å². The molecule has 0 aromatic carbocycles. The quantitative estimate of drug-likeness (QED) is 0.391. The molecule has 0 unspecified atom stereocenters. The Labute approximate surface area is 73.6 Å². The Morgan fingerprint density at radius 2 is 2.00 bits per heavy atom. The van der Waals surface area contributed by atoms with E-state index >= 15 is 0 Å². The van der Waals surface area contributed by atoms with Crippen molar-refractivity contribution in [2.45, 2.75) is 26.9 Å². The zero-order valence-corrected chi connectivity index (χ0v) is 9.23. The molecule has 0 aromatic heterocycles. The number of carbonyl (C=O) groups is 1. The van der Waals surface area contributed by atoms with Gasteiger partial charge >= 0.3 is 5.97 Å². The smallest absolute Gasteiger partial charge is 0.308 e. The van der Waals surface area contributed by atoms with Crippen molar-refractivity contribution in [3.05, 3.63) is 0 Å². The molecule has 0 aliphatic heterocycles. The molecule has 0 saturated heterocycles. The number of hydrogen-bond donors (Lipinski definition) is 0. The van der Waals surface area contributed by atoms with Crippen molar-refractivity contribution < 1.29 is 9.53 Å². The van der Waals surface area contributed by atoms with Crippen molar-refractivity contribution in [2.75, 3.05) is 6.23 Å². The van der Waals surface area contributed by atoms with Crippen LogP contribution in [0.15, 0.2) is 0 Å².